The molecule has 23 heavy (non-hydrogen) atoms. The van der Waals surface area contributed by atoms with E-state index >= 15 is 0 Å². The summed E-state index contributed by atoms with van der Waals surface area (Å²) < 4.78 is 5.46. The number of benzene rings is 1. The molecule has 3 rings (SSSR count). The normalized spacial score (nSPS) is 16.9. The molecule has 122 valence electrons. The van der Waals surface area contributed by atoms with Gasteiger partial charge in [0.2, 0.25) is 5.95 Å². The Kier molecular flexibility index (Phi) is 5.27. The smallest absolute Gasteiger partial charge is 0.223 e. The van der Waals surface area contributed by atoms with Crippen molar-refractivity contribution in [3.63, 3.8) is 0 Å². The Morgan fingerprint density at radius 3 is 2.65 bits per heavy atom. The van der Waals surface area contributed by atoms with Crippen LogP contribution in [-0.2, 0) is 4.74 Å². The maximum absolute atomic E-state index is 5.93. The van der Waals surface area contributed by atoms with E-state index in [1.54, 1.807) is 6.07 Å². The quantitative estimate of drug-likeness (QED) is 0.817. The molecule has 1 aromatic heterocycles. The lowest BCUT2D eigenvalue weighted by Crippen LogP contribution is -2.41. The van der Waals surface area contributed by atoms with Crippen LogP contribution in [0, 0.1) is 0 Å². The first-order valence-electron chi connectivity index (χ1n) is 7.63. The van der Waals surface area contributed by atoms with Gasteiger partial charge in [-0.05, 0) is 5.56 Å². The molecule has 2 aromatic rings. The van der Waals surface area contributed by atoms with Crippen molar-refractivity contribution in [1.82, 2.24) is 14.9 Å². The van der Waals surface area contributed by atoms with Crippen LogP contribution in [0.1, 0.15) is 11.6 Å². The Hall–Kier alpha value is -1.89. The predicted octanol–water partition coefficient (Wildman–Crippen LogP) is 2.20. The largest absolute Gasteiger partial charge is 0.379 e. The van der Waals surface area contributed by atoms with Gasteiger partial charge in [-0.15, -0.1) is 0 Å². The van der Waals surface area contributed by atoms with Crippen molar-refractivity contribution in [1.29, 1.82) is 0 Å². The van der Waals surface area contributed by atoms with E-state index in [4.69, 9.17) is 22.1 Å². The van der Waals surface area contributed by atoms with Crippen molar-refractivity contribution in [3.8, 4) is 0 Å². The number of anilines is 2. The standard InChI is InChI=1S/C16H20ClN5O/c17-14-10-15(21-16(18)20-14)19-11-13(12-4-2-1-3-5-12)22-6-8-23-9-7-22/h1-5,10,13H,6-9,11H2,(H3,18,19,20,21)/t13-/m0/s1. The molecule has 0 unspecified atom stereocenters. The van der Waals surface area contributed by atoms with Gasteiger partial charge in [-0.1, -0.05) is 41.9 Å². The fraction of sp³-hybridized carbons (Fsp3) is 0.375. The molecule has 0 bridgehead atoms. The van der Waals surface area contributed by atoms with E-state index in [9.17, 15) is 0 Å². The van der Waals surface area contributed by atoms with Gasteiger partial charge in [-0.3, -0.25) is 4.90 Å². The third-order valence-electron chi connectivity index (χ3n) is 3.86. The van der Waals surface area contributed by atoms with Gasteiger partial charge in [0.05, 0.1) is 19.3 Å². The van der Waals surface area contributed by atoms with Crippen molar-refractivity contribution in [2.75, 3.05) is 43.9 Å². The number of morpholine rings is 1. The second-order valence-electron chi connectivity index (χ2n) is 5.39. The summed E-state index contributed by atoms with van der Waals surface area (Å²) in [7, 11) is 0. The van der Waals surface area contributed by atoms with Crippen LogP contribution < -0.4 is 11.1 Å². The molecule has 1 fully saturated rings. The molecular weight excluding hydrogens is 314 g/mol. The first-order valence-corrected chi connectivity index (χ1v) is 8.01. The fourth-order valence-electron chi connectivity index (χ4n) is 2.75. The van der Waals surface area contributed by atoms with Crippen molar-refractivity contribution in [2.45, 2.75) is 6.04 Å². The van der Waals surface area contributed by atoms with E-state index in [1.807, 2.05) is 6.07 Å². The van der Waals surface area contributed by atoms with Gasteiger partial charge in [0.1, 0.15) is 11.0 Å². The lowest BCUT2D eigenvalue weighted by Gasteiger charge is -2.35. The highest BCUT2D eigenvalue weighted by Gasteiger charge is 2.22. The van der Waals surface area contributed by atoms with Crippen LogP contribution >= 0.6 is 11.6 Å². The summed E-state index contributed by atoms with van der Waals surface area (Å²) in [4.78, 5) is 10.5. The Labute approximate surface area is 140 Å². The Balaban J connectivity index is 1.75. The van der Waals surface area contributed by atoms with Crippen LogP contribution in [0.5, 0.6) is 0 Å². The summed E-state index contributed by atoms with van der Waals surface area (Å²) >= 11 is 5.93. The highest BCUT2D eigenvalue weighted by atomic mass is 35.5. The zero-order chi connectivity index (χ0) is 16.1. The molecule has 0 amide bonds. The number of hydrogen-bond donors (Lipinski definition) is 2. The van der Waals surface area contributed by atoms with Gasteiger partial charge in [0.25, 0.3) is 0 Å². The molecular formula is C16H20ClN5O. The molecule has 1 aromatic carbocycles. The number of rotatable bonds is 5. The number of nitrogen functional groups attached to an aromatic ring is 1. The minimum absolute atomic E-state index is 0.169. The Morgan fingerprint density at radius 1 is 1.22 bits per heavy atom. The Bertz CT molecular complexity index is 613. The zero-order valence-electron chi connectivity index (χ0n) is 12.8. The summed E-state index contributed by atoms with van der Waals surface area (Å²) in [5.41, 5.74) is 6.91. The highest BCUT2D eigenvalue weighted by Crippen LogP contribution is 2.23. The predicted molar refractivity (Wildman–Crippen MR) is 91.5 cm³/mol. The maximum atomic E-state index is 5.93. The summed E-state index contributed by atoms with van der Waals surface area (Å²) in [6.45, 7) is 4.05. The van der Waals surface area contributed by atoms with Gasteiger partial charge in [-0.2, -0.15) is 4.98 Å². The minimum Gasteiger partial charge on any atom is -0.379 e. The third kappa shape index (κ3) is 4.31. The van der Waals surface area contributed by atoms with E-state index in [-0.39, 0.29) is 12.0 Å². The monoisotopic (exact) mass is 333 g/mol. The molecule has 7 heteroatoms. The zero-order valence-corrected chi connectivity index (χ0v) is 13.5. The van der Waals surface area contributed by atoms with Crippen LogP contribution in [0.15, 0.2) is 36.4 Å². The molecule has 6 nitrogen and oxygen atoms in total. The molecule has 1 aliphatic heterocycles. The molecule has 1 aliphatic rings. The van der Waals surface area contributed by atoms with Crippen LogP contribution in [0.3, 0.4) is 0 Å². The number of nitrogens with one attached hydrogen (secondary N) is 1. The SMILES string of the molecule is Nc1nc(Cl)cc(NC[C@@H](c2ccccc2)N2CCOCC2)n1. The molecule has 1 saturated heterocycles. The number of halogens is 1. The van der Waals surface area contributed by atoms with Crippen molar-refractivity contribution in [2.24, 2.45) is 0 Å². The van der Waals surface area contributed by atoms with E-state index < -0.39 is 0 Å². The van der Waals surface area contributed by atoms with Gasteiger partial charge in [-0.25, -0.2) is 4.98 Å². The van der Waals surface area contributed by atoms with Crippen molar-refractivity contribution in [3.05, 3.63) is 47.1 Å². The molecule has 1 atom stereocenters. The summed E-state index contributed by atoms with van der Waals surface area (Å²) in [6, 6.07) is 12.3. The van der Waals surface area contributed by atoms with E-state index in [0.717, 1.165) is 26.3 Å². The lowest BCUT2D eigenvalue weighted by atomic mass is 10.0. The van der Waals surface area contributed by atoms with Gasteiger partial charge < -0.3 is 15.8 Å². The van der Waals surface area contributed by atoms with Gasteiger partial charge >= 0.3 is 0 Å². The molecule has 2 heterocycles. The second kappa shape index (κ2) is 7.59. The van der Waals surface area contributed by atoms with Crippen LogP contribution in [-0.4, -0.2) is 47.7 Å². The number of nitrogens with zero attached hydrogens (tertiary/aromatic N) is 3. The fourth-order valence-corrected chi connectivity index (χ4v) is 2.94. The topological polar surface area (TPSA) is 76.3 Å². The van der Waals surface area contributed by atoms with Crippen LogP contribution in [0.4, 0.5) is 11.8 Å². The highest BCUT2D eigenvalue weighted by molar-refractivity contribution is 6.29. The minimum atomic E-state index is 0.169. The van der Waals surface area contributed by atoms with Crippen LogP contribution in [0.25, 0.3) is 0 Å². The van der Waals surface area contributed by atoms with Crippen molar-refractivity contribution >= 4 is 23.4 Å². The number of ether oxygens (including phenoxy) is 1. The molecule has 0 saturated carbocycles. The summed E-state index contributed by atoms with van der Waals surface area (Å²) in [5.74, 6) is 0.805. The molecule has 3 N–H and O–H groups in total. The van der Waals surface area contributed by atoms with Gasteiger partial charge in [0, 0.05) is 25.7 Å². The lowest BCUT2D eigenvalue weighted by molar-refractivity contribution is 0.0187. The maximum Gasteiger partial charge on any atom is 0.223 e. The number of hydrogen-bond acceptors (Lipinski definition) is 6. The van der Waals surface area contributed by atoms with E-state index in [0.29, 0.717) is 17.5 Å². The Morgan fingerprint density at radius 2 is 1.96 bits per heavy atom. The molecule has 0 radical (unpaired) electrons. The molecule has 0 aliphatic carbocycles. The summed E-state index contributed by atoms with van der Waals surface area (Å²) in [5, 5.41) is 3.66. The second-order valence-corrected chi connectivity index (χ2v) is 5.78. The average molecular weight is 334 g/mol. The third-order valence-corrected chi connectivity index (χ3v) is 4.05. The van der Waals surface area contributed by atoms with Gasteiger partial charge in [0.15, 0.2) is 0 Å². The number of aromatic nitrogens is 2. The first kappa shape index (κ1) is 16.0. The van der Waals surface area contributed by atoms with Crippen molar-refractivity contribution < 1.29 is 4.74 Å². The van der Waals surface area contributed by atoms with Crippen LogP contribution in [0.2, 0.25) is 5.15 Å². The number of nitrogens with two attached hydrogens (primary N) is 1. The average Bonchev–Trinajstić information content (AvgIpc) is 2.56. The van der Waals surface area contributed by atoms with E-state index in [2.05, 4.69) is 44.5 Å². The first-order chi connectivity index (χ1) is 11.2. The van der Waals surface area contributed by atoms with E-state index in [1.165, 1.54) is 5.56 Å². The molecule has 0 spiro atoms. The summed E-state index contributed by atoms with van der Waals surface area (Å²) in [6.07, 6.45) is 0.